The standard InChI is InChI=1S/C12H12N4OS/c1-17-8-2-4-9(5-3-8)18-11-7-15-10(6-16-11)12(13)14/h2-7H,1H3,(H3,13,14). The van der Waals surface area contributed by atoms with Crippen molar-refractivity contribution in [1.82, 2.24) is 9.97 Å². The molecule has 0 saturated carbocycles. The van der Waals surface area contributed by atoms with E-state index in [-0.39, 0.29) is 5.84 Å². The molecule has 1 aromatic heterocycles. The third kappa shape index (κ3) is 2.98. The summed E-state index contributed by atoms with van der Waals surface area (Å²) >= 11 is 1.49. The van der Waals surface area contributed by atoms with Crippen molar-refractivity contribution in [3.8, 4) is 5.75 Å². The lowest BCUT2D eigenvalue weighted by Gasteiger charge is -2.03. The summed E-state index contributed by atoms with van der Waals surface area (Å²) in [7, 11) is 1.63. The predicted octanol–water partition coefficient (Wildman–Crippen LogP) is 1.92. The maximum absolute atomic E-state index is 7.23. The molecule has 0 fully saturated rings. The second kappa shape index (κ2) is 5.50. The van der Waals surface area contributed by atoms with Gasteiger partial charge in [0.05, 0.1) is 19.5 Å². The molecule has 92 valence electrons. The van der Waals surface area contributed by atoms with Gasteiger partial charge in [0.1, 0.15) is 22.3 Å². The van der Waals surface area contributed by atoms with Gasteiger partial charge in [-0.25, -0.2) is 9.97 Å². The lowest BCUT2D eigenvalue weighted by molar-refractivity contribution is 0.414. The Morgan fingerprint density at radius 1 is 1.22 bits per heavy atom. The van der Waals surface area contributed by atoms with Gasteiger partial charge < -0.3 is 10.5 Å². The van der Waals surface area contributed by atoms with Gasteiger partial charge in [0.15, 0.2) is 0 Å². The smallest absolute Gasteiger partial charge is 0.143 e. The number of amidine groups is 1. The van der Waals surface area contributed by atoms with Gasteiger partial charge in [0, 0.05) is 4.90 Å². The average Bonchev–Trinajstić information content (AvgIpc) is 2.40. The molecule has 6 heteroatoms. The topological polar surface area (TPSA) is 84.9 Å². The van der Waals surface area contributed by atoms with Crippen LogP contribution >= 0.6 is 11.8 Å². The number of hydrogen-bond donors (Lipinski definition) is 2. The van der Waals surface area contributed by atoms with E-state index in [0.717, 1.165) is 15.7 Å². The third-order valence-corrected chi connectivity index (χ3v) is 3.11. The van der Waals surface area contributed by atoms with Crippen LogP contribution < -0.4 is 10.5 Å². The van der Waals surface area contributed by atoms with Gasteiger partial charge in [-0.1, -0.05) is 11.8 Å². The van der Waals surface area contributed by atoms with Gasteiger partial charge >= 0.3 is 0 Å². The summed E-state index contributed by atoms with van der Waals surface area (Å²) in [6, 6.07) is 7.67. The van der Waals surface area contributed by atoms with E-state index in [2.05, 4.69) is 9.97 Å². The van der Waals surface area contributed by atoms with Gasteiger partial charge in [0.2, 0.25) is 0 Å². The summed E-state index contributed by atoms with van der Waals surface area (Å²) in [6.45, 7) is 0. The summed E-state index contributed by atoms with van der Waals surface area (Å²) in [5, 5.41) is 7.98. The van der Waals surface area contributed by atoms with E-state index < -0.39 is 0 Å². The molecule has 0 atom stereocenters. The Balaban J connectivity index is 2.10. The number of ether oxygens (including phenoxy) is 1. The predicted molar refractivity (Wildman–Crippen MR) is 70.2 cm³/mol. The van der Waals surface area contributed by atoms with Crippen molar-refractivity contribution >= 4 is 17.6 Å². The van der Waals surface area contributed by atoms with Crippen LogP contribution in [0.3, 0.4) is 0 Å². The molecule has 0 aliphatic rings. The first-order valence-electron chi connectivity index (χ1n) is 5.17. The summed E-state index contributed by atoms with van der Waals surface area (Å²) in [6.07, 6.45) is 3.10. The number of nitrogens with one attached hydrogen (secondary N) is 1. The molecule has 0 aliphatic carbocycles. The molecule has 1 heterocycles. The molecule has 3 N–H and O–H groups in total. The van der Waals surface area contributed by atoms with E-state index in [1.165, 1.54) is 18.0 Å². The Labute approximate surface area is 109 Å². The van der Waals surface area contributed by atoms with Crippen LogP contribution in [0.2, 0.25) is 0 Å². The quantitative estimate of drug-likeness (QED) is 0.648. The molecule has 0 aliphatic heterocycles. The minimum atomic E-state index is -0.0801. The number of methoxy groups -OCH3 is 1. The minimum Gasteiger partial charge on any atom is -0.497 e. The van der Waals surface area contributed by atoms with Crippen molar-refractivity contribution in [2.75, 3.05) is 7.11 Å². The largest absolute Gasteiger partial charge is 0.497 e. The second-order valence-electron chi connectivity index (χ2n) is 3.43. The molecule has 0 unspecified atom stereocenters. The fourth-order valence-corrected chi connectivity index (χ4v) is 2.00. The zero-order chi connectivity index (χ0) is 13.0. The van der Waals surface area contributed by atoms with Crippen molar-refractivity contribution in [3.63, 3.8) is 0 Å². The van der Waals surface area contributed by atoms with Crippen LogP contribution in [0.25, 0.3) is 0 Å². The lowest BCUT2D eigenvalue weighted by atomic mass is 10.3. The van der Waals surface area contributed by atoms with Crippen LogP contribution in [-0.4, -0.2) is 22.9 Å². The van der Waals surface area contributed by atoms with Crippen molar-refractivity contribution in [2.45, 2.75) is 9.92 Å². The number of nitrogens with two attached hydrogens (primary N) is 1. The monoisotopic (exact) mass is 260 g/mol. The van der Waals surface area contributed by atoms with Crippen LogP contribution in [0.1, 0.15) is 5.69 Å². The minimum absolute atomic E-state index is 0.0801. The molecule has 0 amide bonds. The van der Waals surface area contributed by atoms with Crippen molar-refractivity contribution in [3.05, 3.63) is 42.4 Å². The number of benzene rings is 1. The second-order valence-corrected chi connectivity index (χ2v) is 4.52. The highest BCUT2D eigenvalue weighted by molar-refractivity contribution is 7.99. The first-order valence-corrected chi connectivity index (χ1v) is 5.99. The van der Waals surface area contributed by atoms with Gasteiger partial charge in [0.25, 0.3) is 0 Å². The molecule has 0 radical (unpaired) electrons. The van der Waals surface area contributed by atoms with E-state index in [0.29, 0.717) is 5.69 Å². The fourth-order valence-electron chi connectivity index (χ4n) is 1.27. The third-order valence-electron chi connectivity index (χ3n) is 2.19. The van der Waals surface area contributed by atoms with Gasteiger partial charge in [-0.2, -0.15) is 0 Å². The van der Waals surface area contributed by atoms with Crippen LogP contribution in [0.5, 0.6) is 5.75 Å². The van der Waals surface area contributed by atoms with Gasteiger partial charge in [-0.05, 0) is 24.3 Å². The maximum atomic E-state index is 7.23. The molecule has 2 rings (SSSR count). The zero-order valence-electron chi connectivity index (χ0n) is 9.75. The average molecular weight is 260 g/mol. The van der Waals surface area contributed by atoms with Crippen LogP contribution in [0.4, 0.5) is 0 Å². The molecular weight excluding hydrogens is 248 g/mol. The lowest BCUT2D eigenvalue weighted by Crippen LogP contribution is -2.13. The highest BCUT2D eigenvalue weighted by Crippen LogP contribution is 2.26. The Morgan fingerprint density at radius 2 is 1.94 bits per heavy atom. The highest BCUT2D eigenvalue weighted by Gasteiger charge is 2.02. The molecule has 1 aromatic carbocycles. The van der Waals surface area contributed by atoms with E-state index >= 15 is 0 Å². The van der Waals surface area contributed by atoms with Crippen LogP contribution in [0, 0.1) is 5.41 Å². The fraction of sp³-hybridized carbons (Fsp3) is 0.0833. The molecule has 0 spiro atoms. The molecular formula is C12H12N4OS. The number of aromatic nitrogens is 2. The summed E-state index contributed by atoms with van der Waals surface area (Å²) in [5.41, 5.74) is 5.69. The SMILES string of the molecule is COc1ccc(Sc2cnc(C(=N)N)cn2)cc1. The van der Waals surface area contributed by atoms with Crippen LogP contribution in [-0.2, 0) is 0 Å². The Morgan fingerprint density at radius 3 is 2.44 bits per heavy atom. The van der Waals surface area contributed by atoms with Crippen molar-refractivity contribution in [1.29, 1.82) is 5.41 Å². The van der Waals surface area contributed by atoms with E-state index in [1.54, 1.807) is 13.3 Å². The zero-order valence-corrected chi connectivity index (χ0v) is 10.6. The number of nitrogens with zero attached hydrogens (tertiary/aromatic N) is 2. The molecule has 0 saturated heterocycles. The van der Waals surface area contributed by atoms with Crippen molar-refractivity contribution in [2.24, 2.45) is 5.73 Å². The molecule has 18 heavy (non-hydrogen) atoms. The van der Waals surface area contributed by atoms with Gasteiger partial charge in [-0.15, -0.1) is 0 Å². The summed E-state index contributed by atoms with van der Waals surface area (Å²) in [4.78, 5) is 9.28. The number of rotatable bonds is 4. The molecule has 5 nitrogen and oxygen atoms in total. The molecule has 0 bridgehead atoms. The summed E-state index contributed by atoms with van der Waals surface area (Å²) < 4.78 is 5.09. The van der Waals surface area contributed by atoms with Gasteiger partial charge in [-0.3, -0.25) is 5.41 Å². The van der Waals surface area contributed by atoms with E-state index in [9.17, 15) is 0 Å². The Kier molecular flexibility index (Phi) is 3.78. The molecule has 2 aromatic rings. The normalized spacial score (nSPS) is 10.1. The summed E-state index contributed by atoms with van der Waals surface area (Å²) in [5.74, 6) is 0.737. The highest BCUT2D eigenvalue weighted by atomic mass is 32.2. The number of hydrogen-bond acceptors (Lipinski definition) is 5. The number of nitrogen functional groups attached to an aromatic ring is 1. The van der Waals surface area contributed by atoms with Crippen LogP contribution in [0.15, 0.2) is 46.6 Å². The Hall–Kier alpha value is -2.08. The maximum Gasteiger partial charge on any atom is 0.143 e. The first kappa shape index (κ1) is 12.4. The van der Waals surface area contributed by atoms with Crippen molar-refractivity contribution < 1.29 is 4.74 Å². The van der Waals surface area contributed by atoms with E-state index in [4.69, 9.17) is 15.9 Å². The first-order chi connectivity index (χ1) is 8.69. The Bertz CT molecular complexity index is 539. The van der Waals surface area contributed by atoms with E-state index in [1.807, 2.05) is 24.3 Å².